The van der Waals surface area contributed by atoms with Crippen LogP contribution < -0.4 is 5.32 Å². The zero-order valence-corrected chi connectivity index (χ0v) is 13.4. The number of benzene rings is 1. The van der Waals surface area contributed by atoms with Gasteiger partial charge in [0.1, 0.15) is 5.01 Å². The fraction of sp³-hybridized carbons (Fsp3) is 0.0556. The fourth-order valence-electron chi connectivity index (χ4n) is 2.06. The molecular weight excluding hydrogens is 306 g/mol. The fourth-order valence-corrected chi connectivity index (χ4v) is 3.04. The van der Waals surface area contributed by atoms with Crippen LogP contribution in [0.4, 0.5) is 5.69 Å². The van der Waals surface area contributed by atoms with Crippen molar-refractivity contribution in [3.05, 3.63) is 77.7 Å². The molecule has 0 aliphatic rings. The molecule has 0 aliphatic heterocycles. The summed E-state index contributed by atoms with van der Waals surface area (Å²) in [4.78, 5) is 21.5. The maximum Gasteiger partial charge on any atom is 0.199 e. The number of para-hydroxylation sites is 1. The number of pyridine rings is 1. The first-order chi connectivity index (χ1) is 11.2. The van der Waals surface area contributed by atoms with Crippen LogP contribution in [0.2, 0.25) is 0 Å². The maximum absolute atomic E-state index is 12.3. The molecule has 1 aromatic carbocycles. The van der Waals surface area contributed by atoms with E-state index in [0.717, 1.165) is 22.0 Å². The number of nitrogens with one attached hydrogen (secondary N) is 1. The number of hydrogen-bond donors (Lipinski definition) is 1. The van der Waals surface area contributed by atoms with Crippen molar-refractivity contribution < 1.29 is 4.79 Å². The molecule has 0 atom stereocenters. The lowest BCUT2D eigenvalue weighted by atomic mass is 10.2. The first kappa shape index (κ1) is 15.1. The zero-order valence-electron chi connectivity index (χ0n) is 12.6. The van der Waals surface area contributed by atoms with Gasteiger partial charge in [0.25, 0.3) is 0 Å². The van der Waals surface area contributed by atoms with E-state index >= 15 is 0 Å². The van der Waals surface area contributed by atoms with Crippen molar-refractivity contribution in [2.45, 2.75) is 6.92 Å². The summed E-state index contributed by atoms with van der Waals surface area (Å²) >= 11 is 1.39. The highest BCUT2D eigenvalue weighted by atomic mass is 32.1. The van der Waals surface area contributed by atoms with Gasteiger partial charge in [-0.05, 0) is 31.2 Å². The van der Waals surface area contributed by atoms with Gasteiger partial charge >= 0.3 is 0 Å². The van der Waals surface area contributed by atoms with Crippen molar-refractivity contribution in [2.24, 2.45) is 0 Å². The third kappa shape index (κ3) is 3.70. The number of aromatic nitrogens is 2. The number of hydrogen-bond acceptors (Lipinski definition) is 5. The Labute approximate surface area is 138 Å². The molecule has 3 rings (SSSR count). The minimum Gasteiger partial charge on any atom is -0.362 e. The molecule has 0 bridgehead atoms. The third-order valence-corrected chi connectivity index (χ3v) is 4.41. The molecule has 3 aromatic rings. The second-order valence-corrected chi connectivity index (χ2v) is 5.88. The number of nitrogens with zero attached hydrogens (tertiary/aromatic N) is 2. The molecule has 0 radical (unpaired) electrons. The van der Waals surface area contributed by atoms with Crippen LogP contribution in [0.1, 0.15) is 15.4 Å². The molecule has 0 unspecified atom stereocenters. The molecule has 0 saturated heterocycles. The highest BCUT2D eigenvalue weighted by Crippen LogP contribution is 2.27. The van der Waals surface area contributed by atoms with Gasteiger partial charge in [0, 0.05) is 35.9 Å². The molecule has 0 amide bonds. The van der Waals surface area contributed by atoms with Crippen LogP contribution in [-0.4, -0.2) is 15.8 Å². The van der Waals surface area contributed by atoms with E-state index in [9.17, 15) is 4.79 Å². The van der Waals surface area contributed by atoms with E-state index in [2.05, 4.69) is 15.3 Å². The predicted molar refractivity (Wildman–Crippen MR) is 93.6 cm³/mol. The average Bonchev–Trinajstić information content (AvgIpc) is 2.98. The summed E-state index contributed by atoms with van der Waals surface area (Å²) in [6, 6.07) is 13.5. The standard InChI is InChI=1S/C18H15N3OS/c1-13-17(23-18(21-13)14-6-5-10-19-12-14)16(22)9-11-20-15-7-3-2-4-8-15/h2-12,20H,1H3/b11-9+. The number of anilines is 1. The first-order valence-electron chi connectivity index (χ1n) is 7.14. The molecule has 0 saturated carbocycles. The summed E-state index contributed by atoms with van der Waals surface area (Å²) < 4.78 is 0. The van der Waals surface area contributed by atoms with E-state index in [4.69, 9.17) is 0 Å². The van der Waals surface area contributed by atoms with E-state index in [0.29, 0.717) is 4.88 Å². The summed E-state index contributed by atoms with van der Waals surface area (Å²) in [6.45, 7) is 1.85. The van der Waals surface area contributed by atoms with E-state index in [1.807, 2.05) is 49.4 Å². The lowest BCUT2D eigenvalue weighted by Crippen LogP contribution is -1.95. The van der Waals surface area contributed by atoms with Crippen molar-refractivity contribution in [1.29, 1.82) is 0 Å². The van der Waals surface area contributed by atoms with Crippen LogP contribution in [0.3, 0.4) is 0 Å². The SMILES string of the molecule is Cc1nc(-c2cccnc2)sc1C(=O)/C=C/Nc1ccccc1. The number of thiazole rings is 1. The molecular formula is C18H15N3OS. The van der Waals surface area contributed by atoms with E-state index in [1.54, 1.807) is 18.6 Å². The number of carbonyl (C=O) groups is 1. The lowest BCUT2D eigenvalue weighted by Gasteiger charge is -1.98. The maximum atomic E-state index is 12.3. The average molecular weight is 321 g/mol. The highest BCUT2D eigenvalue weighted by Gasteiger charge is 2.14. The normalized spacial score (nSPS) is 10.8. The molecule has 2 heterocycles. The predicted octanol–water partition coefficient (Wildman–Crippen LogP) is 4.32. The Kier molecular flexibility index (Phi) is 4.59. The van der Waals surface area contributed by atoms with Crippen LogP contribution in [0.5, 0.6) is 0 Å². The number of aryl methyl sites for hydroxylation is 1. The second kappa shape index (κ2) is 6.98. The highest BCUT2D eigenvalue weighted by molar-refractivity contribution is 7.17. The van der Waals surface area contributed by atoms with E-state index in [1.165, 1.54) is 17.4 Å². The Hall–Kier alpha value is -2.79. The molecule has 0 fully saturated rings. The third-order valence-electron chi connectivity index (χ3n) is 3.19. The van der Waals surface area contributed by atoms with Gasteiger partial charge in [-0.1, -0.05) is 18.2 Å². The van der Waals surface area contributed by atoms with Gasteiger partial charge in [-0.15, -0.1) is 11.3 Å². The monoisotopic (exact) mass is 321 g/mol. The van der Waals surface area contributed by atoms with Crippen molar-refractivity contribution >= 4 is 22.8 Å². The van der Waals surface area contributed by atoms with Gasteiger partial charge in [-0.2, -0.15) is 0 Å². The van der Waals surface area contributed by atoms with Crippen molar-refractivity contribution in [2.75, 3.05) is 5.32 Å². The Morgan fingerprint density at radius 3 is 2.74 bits per heavy atom. The van der Waals surface area contributed by atoms with Crippen LogP contribution in [0.25, 0.3) is 10.6 Å². The Morgan fingerprint density at radius 1 is 1.17 bits per heavy atom. The molecule has 1 N–H and O–H groups in total. The summed E-state index contributed by atoms with van der Waals surface area (Å²) in [5.74, 6) is -0.0569. The number of carbonyl (C=O) groups excluding carboxylic acids is 1. The van der Waals surface area contributed by atoms with Crippen molar-refractivity contribution in [3.63, 3.8) is 0 Å². The lowest BCUT2D eigenvalue weighted by molar-refractivity contribution is 0.104. The van der Waals surface area contributed by atoms with Crippen molar-refractivity contribution in [3.8, 4) is 10.6 Å². The van der Waals surface area contributed by atoms with Gasteiger partial charge in [-0.3, -0.25) is 9.78 Å². The number of rotatable bonds is 5. The van der Waals surface area contributed by atoms with Gasteiger partial charge in [0.15, 0.2) is 5.78 Å². The van der Waals surface area contributed by atoms with Crippen LogP contribution >= 0.6 is 11.3 Å². The van der Waals surface area contributed by atoms with E-state index < -0.39 is 0 Å². The van der Waals surface area contributed by atoms with Crippen LogP contribution in [-0.2, 0) is 0 Å². The zero-order chi connectivity index (χ0) is 16.1. The second-order valence-electron chi connectivity index (χ2n) is 4.88. The topological polar surface area (TPSA) is 54.9 Å². The molecule has 2 aromatic heterocycles. The Balaban J connectivity index is 1.74. The van der Waals surface area contributed by atoms with Gasteiger partial charge < -0.3 is 5.32 Å². The summed E-state index contributed by atoms with van der Waals surface area (Å²) in [5.41, 5.74) is 2.60. The van der Waals surface area contributed by atoms with Gasteiger partial charge in [0.05, 0.1) is 10.6 Å². The van der Waals surface area contributed by atoms with Crippen molar-refractivity contribution in [1.82, 2.24) is 9.97 Å². The molecule has 23 heavy (non-hydrogen) atoms. The summed E-state index contributed by atoms with van der Waals surface area (Å²) in [7, 11) is 0. The smallest absolute Gasteiger partial charge is 0.199 e. The largest absolute Gasteiger partial charge is 0.362 e. The molecule has 0 spiro atoms. The van der Waals surface area contributed by atoms with Gasteiger partial charge in [-0.25, -0.2) is 4.98 Å². The number of allylic oxidation sites excluding steroid dienone is 1. The molecule has 114 valence electrons. The van der Waals surface area contributed by atoms with Crippen LogP contribution in [0.15, 0.2) is 67.1 Å². The molecule has 4 nitrogen and oxygen atoms in total. The Bertz CT molecular complexity index is 826. The summed E-state index contributed by atoms with van der Waals surface area (Å²) in [6.07, 6.45) is 6.65. The minimum atomic E-state index is -0.0569. The summed E-state index contributed by atoms with van der Waals surface area (Å²) in [5, 5.41) is 3.88. The quantitative estimate of drug-likeness (QED) is 0.561. The molecule has 5 heteroatoms. The van der Waals surface area contributed by atoms with E-state index in [-0.39, 0.29) is 5.78 Å². The first-order valence-corrected chi connectivity index (χ1v) is 7.96. The molecule has 0 aliphatic carbocycles. The van der Waals surface area contributed by atoms with Crippen LogP contribution in [0, 0.1) is 6.92 Å². The number of ketones is 1. The van der Waals surface area contributed by atoms with Gasteiger partial charge in [0.2, 0.25) is 0 Å². The Morgan fingerprint density at radius 2 is 2.00 bits per heavy atom. The minimum absolute atomic E-state index is 0.0569.